The maximum Gasteiger partial charge on any atom is 0.271 e. The van der Waals surface area contributed by atoms with Gasteiger partial charge in [0, 0.05) is 31.7 Å². The van der Waals surface area contributed by atoms with Gasteiger partial charge in [0.15, 0.2) is 6.61 Å². The molecular weight excluding hydrogens is 500 g/mol. The zero-order chi connectivity index (χ0) is 27.6. The minimum Gasteiger partial charge on any atom is -0.484 e. The highest BCUT2D eigenvalue weighted by Crippen LogP contribution is 2.20. The van der Waals surface area contributed by atoms with Crippen molar-refractivity contribution >= 4 is 18.0 Å². The first-order valence-corrected chi connectivity index (χ1v) is 13.4. The van der Waals surface area contributed by atoms with Crippen molar-refractivity contribution in [3.05, 3.63) is 137 Å². The number of rotatable bonds is 10. The highest BCUT2D eigenvalue weighted by atomic mass is 16.5. The van der Waals surface area contributed by atoms with Crippen LogP contribution in [0, 0.1) is 0 Å². The maximum atomic E-state index is 12.5. The number of amides is 2. The van der Waals surface area contributed by atoms with Crippen LogP contribution >= 0.6 is 0 Å². The Morgan fingerprint density at radius 3 is 2.33 bits per heavy atom. The lowest BCUT2D eigenvalue weighted by Gasteiger charge is -2.28. The van der Waals surface area contributed by atoms with Crippen molar-refractivity contribution in [2.24, 2.45) is 5.10 Å². The molecule has 1 heterocycles. The number of nitrogens with one attached hydrogen (secondary N) is 2. The Hall–Kier alpha value is -4.75. The molecule has 2 N–H and O–H groups in total. The Bertz CT molecular complexity index is 1450. The fourth-order valence-corrected chi connectivity index (χ4v) is 4.59. The SMILES string of the molecule is O=C(COc1ccc(/C=N\NC(=O)c2ccc(CN3CCc4ccccc4C3)cc2)cc1)NCc1ccccc1. The van der Waals surface area contributed by atoms with Gasteiger partial charge in [0.05, 0.1) is 6.21 Å². The number of fused-ring (bicyclic) bond motifs is 1. The van der Waals surface area contributed by atoms with Crippen LogP contribution < -0.4 is 15.5 Å². The lowest BCUT2D eigenvalue weighted by Crippen LogP contribution is -2.30. The van der Waals surface area contributed by atoms with Gasteiger partial charge in [-0.15, -0.1) is 0 Å². The number of hydrogen-bond donors (Lipinski definition) is 2. The van der Waals surface area contributed by atoms with E-state index in [-0.39, 0.29) is 18.4 Å². The number of ether oxygens (including phenoxy) is 1. The third-order valence-electron chi connectivity index (χ3n) is 6.79. The van der Waals surface area contributed by atoms with Crippen molar-refractivity contribution < 1.29 is 14.3 Å². The van der Waals surface area contributed by atoms with Crippen LogP contribution in [-0.4, -0.2) is 36.1 Å². The number of carbonyl (C=O) groups is 2. The molecule has 0 aliphatic carbocycles. The van der Waals surface area contributed by atoms with Crippen LogP contribution in [0.1, 0.15) is 38.2 Å². The summed E-state index contributed by atoms with van der Waals surface area (Å²) in [5, 5.41) is 6.90. The van der Waals surface area contributed by atoms with E-state index in [1.807, 2.05) is 54.6 Å². The van der Waals surface area contributed by atoms with Gasteiger partial charge in [-0.3, -0.25) is 14.5 Å². The van der Waals surface area contributed by atoms with Crippen LogP contribution in [0.3, 0.4) is 0 Å². The molecule has 1 aliphatic heterocycles. The predicted octanol–water partition coefficient (Wildman–Crippen LogP) is 4.70. The second kappa shape index (κ2) is 13.4. The van der Waals surface area contributed by atoms with Crippen molar-refractivity contribution in [3.8, 4) is 5.75 Å². The maximum absolute atomic E-state index is 12.5. The molecule has 0 atom stereocenters. The average Bonchev–Trinajstić information content (AvgIpc) is 3.00. The molecule has 7 heteroatoms. The van der Waals surface area contributed by atoms with Gasteiger partial charge in [0.25, 0.3) is 11.8 Å². The Morgan fingerprint density at radius 2 is 1.55 bits per heavy atom. The van der Waals surface area contributed by atoms with Crippen LogP contribution in [0.5, 0.6) is 5.75 Å². The predicted molar refractivity (Wildman–Crippen MR) is 156 cm³/mol. The Morgan fingerprint density at radius 1 is 0.825 bits per heavy atom. The average molecular weight is 533 g/mol. The summed E-state index contributed by atoms with van der Waals surface area (Å²) in [5.41, 5.74) is 8.97. The molecule has 5 rings (SSSR count). The number of hydrogen-bond acceptors (Lipinski definition) is 5. The van der Waals surface area contributed by atoms with Crippen molar-refractivity contribution in [2.45, 2.75) is 26.1 Å². The minimum atomic E-state index is -0.267. The molecule has 1 aliphatic rings. The molecule has 2 amide bonds. The van der Waals surface area contributed by atoms with Gasteiger partial charge < -0.3 is 10.1 Å². The van der Waals surface area contributed by atoms with Crippen LogP contribution in [0.15, 0.2) is 108 Å². The van der Waals surface area contributed by atoms with Crippen molar-refractivity contribution in [2.75, 3.05) is 13.2 Å². The largest absolute Gasteiger partial charge is 0.484 e. The fourth-order valence-electron chi connectivity index (χ4n) is 4.59. The number of carbonyl (C=O) groups excluding carboxylic acids is 2. The highest BCUT2D eigenvalue weighted by Gasteiger charge is 2.16. The van der Waals surface area contributed by atoms with Crippen LogP contribution in [0.2, 0.25) is 0 Å². The van der Waals surface area contributed by atoms with Gasteiger partial charge >= 0.3 is 0 Å². The van der Waals surface area contributed by atoms with Crippen LogP contribution in [0.25, 0.3) is 0 Å². The van der Waals surface area contributed by atoms with Gasteiger partial charge in [0.1, 0.15) is 5.75 Å². The molecule has 202 valence electrons. The molecule has 4 aromatic carbocycles. The monoisotopic (exact) mass is 532 g/mol. The van der Waals surface area contributed by atoms with E-state index in [0.29, 0.717) is 17.9 Å². The van der Waals surface area contributed by atoms with E-state index in [1.165, 1.54) is 16.7 Å². The highest BCUT2D eigenvalue weighted by molar-refractivity contribution is 5.94. The second-order valence-corrected chi connectivity index (χ2v) is 9.75. The molecule has 0 spiro atoms. The smallest absolute Gasteiger partial charge is 0.271 e. The summed E-state index contributed by atoms with van der Waals surface area (Å²) in [6.07, 6.45) is 2.63. The normalized spacial score (nSPS) is 13.0. The minimum absolute atomic E-state index is 0.0683. The summed E-state index contributed by atoms with van der Waals surface area (Å²) in [4.78, 5) is 27.0. The third kappa shape index (κ3) is 7.65. The number of nitrogens with zero attached hydrogens (tertiary/aromatic N) is 2. The van der Waals surface area contributed by atoms with E-state index >= 15 is 0 Å². The molecule has 0 fully saturated rings. The standard InChI is InChI=1S/C33H32N4O3/c38-32(34-20-25-6-2-1-3-7-25)24-40-31-16-12-26(13-17-31)21-35-36-33(39)29-14-10-27(11-15-29)22-37-19-18-28-8-4-5-9-30(28)23-37/h1-17,21H,18-20,22-24H2,(H,34,38)(H,36,39)/b35-21-. The van der Waals surface area contributed by atoms with Crippen molar-refractivity contribution in [1.82, 2.24) is 15.6 Å². The van der Waals surface area contributed by atoms with Crippen molar-refractivity contribution in [1.29, 1.82) is 0 Å². The Labute approximate surface area is 234 Å². The van der Waals surface area contributed by atoms with Gasteiger partial charge in [-0.05, 0) is 70.6 Å². The molecule has 0 bridgehead atoms. The lowest BCUT2D eigenvalue weighted by atomic mass is 9.99. The van der Waals surface area contributed by atoms with Crippen LogP contribution in [0.4, 0.5) is 0 Å². The van der Waals surface area contributed by atoms with Gasteiger partial charge in [-0.25, -0.2) is 5.43 Å². The van der Waals surface area contributed by atoms with E-state index in [0.717, 1.165) is 37.2 Å². The zero-order valence-electron chi connectivity index (χ0n) is 22.3. The summed E-state index contributed by atoms with van der Waals surface area (Å²) >= 11 is 0. The van der Waals surface area contributed by atoms with Gasteiger partial charge in [-0.2, -0.15) is 5.10 Å². The molecule has 0 radical (unpaired) electrons. The molecule has 4 aromatic rings. The molecule has 40 heavy (non-hydrogen) atoms. The zero-order valence-corrected chi connectivity index (χ0v) is 22.3. The van der Waals surface area contributed by atoms with Gasteiger partial charge in [-0.1, -0.05) is 66.7 Å². The summed E-state index contributed by atoms with van der Waals surface area (Å²) in [6.45, 7) is 3.23. The second-order valence-electron chi connectivity index (χ2n) is 9.75. The van der Waals surface area contributed by atoms with Crippen molar-refractivity contribution in [3.63, 3.8) is 0 Å². The Balaban J connectivity index is 1.04. The fraction of sp³-hybridized carbons (Fsp3) is 0.182. The topological polar surface area (TPSA) is 83.0 Å². The van der Waals surface area contributed by atoms with E-state index < -0.39 is 0 Å². The van der Waals surface area contributed by atoms with Gasteiger partial charge in [0.2, 0.25) is 0 Å². The first-order valence-electron chi connectivity index (χ1n) is 13.4. The number of benzene rings is 4. The molecular formula is C33H32N4O3. The molecule has 0 aromatic heterocycles. The lowest BCUT2D eigenvalue weighted by molar-refractivity contribution is -0.123. The molecule has 0 saturated heterocycles. The van der Waals surface area contributed by atoms with E-state index in [4.69, 9.17) is 4.74 Å². The number of hydrazone groups is 1. The summed E-state index contributed by atoms with van der Waals surface area (Å²) < 4.78 is 5.56. The summed E-state index contributed by atoms with van der Waals surface area (Å²) in [6, 6.07) is 33.1. The summed E-state index contributed by atoms with van der Waals surface area (Å²) in [5.74, 6) is 0.114. The Kier molecular flexibility index (Phi) is 8.96. The van der Waals surface area contributed by atoms with E-state index in [9.17, 15) is 9.59 Å². The van der Waals surface area contributed by atoms with Crippen LogP contribution in [-0.2, 0) is 30.8 Å². The first kappa shape index (κ1) is 26.8. The molecule has 0 saturated carbocycles. The quantitative estimate of drug-likeness (QED) is 0.229. The van der Waals surface area contributed by atoms with E-state index in [1.54, 1.807) is 30.5 Å². The third-order valence-corrected chi connectivity index (χ3v) is 6.79. The summed E-state index contributed by atoms with van der Waals surface area (Å²) in [7, 11) is 0. The molecule has 0 unspecified atom stereocenters. The first-order chi connectivity index (χ1) is 19.6. The molecule has 7 nitrogen and oxygen atoms in total. The van der Waals surface area contributed by atoms with E-state index in [2.05, 4.69) is 45.0 Å².